The minimum Gasteiger partial charge on any atom is -0.508 e. The van der Waals surface area contributed by atoms with Crippen molar-refractivity contribution in [1.82, 2.24) is 0 Å². The molecular formula is C14H15ClN2O2. The zero-order valence-corrected chi connectivity index (χ0v) is 11.1. The van der Waals surface area contributed by atoms with Gasteiger partial charge in [-0.1, -0.05) is 18.2 Å². The number of carbonyl (C=O) groups excluding carboxylic acids is 1. The minimum absolute atomic E-state index is 0. The molecule has 1 heterocycles. The van der Waals surface area contributed by atoms with Crippen molar-refractivity contribution in [2.24, 2.45) is 5.73 Å². The van der Waals surface area contributed by atoms with E-state index in [9.17, 15) is 9.90 Å². The number of fused-ring (bicyclic) bond motifs is 1. The number of nitrogens with zero attached hydrogens (tertiary/aromatic N) is 1. The second-order valence-corrected chi connectivity index (χ2v) is 4.57. The largest absolute Gasteiger partial charge is 0.508 e. The smallest absolute Gasteiger partial charge is 0.243 e. The van der Waals surface area contributed by atoms with Crippen LogP contribution in [0.1, 0.15) is 6.42 Å². The van der Waals surface area contributed by atoms with Crippen LogP contribution in [0.3, 0.4) is 0 Å². The van der Waals surface area contributed by atoms with Crippen LogP contribution >= 0.6 is 12.4 Å². The zero-order chi connectivity index (χ0) is 12.7. The quantitative estimate of drug-likeness (QED) is 0.839. The molecule has 1 amide bonds. The van der Waals surface area contributed by atoms with Gasteiger partial charge >= 0.3 is 0 Å². The van der Waals surface area contributed by atoms with E-state index in [1.165, 1.54) is 0 Å². The molecule has 100 valence electrons. The molecule has 1 aliphatic rings. The standard InChI is InChI=1S/C14H14N2O2.ClH/c15-12-6-7-16(14(12)18)13-3-1-2-9-4-5-10(17)8-11(9)13;/h1-5,8,12,17H,6-7,15H2;1H/t12-;/m1./s1. The summed E-state index contributed by atoms with van der Waals surface area (Å²) in [5.41, 5.74) is 6.56. The summed E-state index contributed by atoms with van der Waals surface area (Å²) in [6.07, 6.45) is 0.675. The van der Waals surface area contributed by atoms with Gasteiger partial charge in [-0.25, -0.2) is 0 Å². The highest BCUT2D eigenvalue weighted by molar-refractivity contribution is 6.07. The van der Waals surface area contributed by atoms with Crippen molar-refractivity contribution in [1.29, 1.82) is 0 Å². The first-order valence-electron chi connectivity index (χ1n) is 5.95. The molecule has 0 unspecified atom stereocenters. The molecule has 0 saturated carbocycles. The monoisotopic (exact) mass is 278 g/mol. The van der Waals surface area contributed by atoms with Crippen LogP contribution in [-0.2, 0) is 4.79 Å². The van der Waals surface area contributed by atoms with Gasteiger partial charge in [0.25, 0.3) is 0 Å². The predicted molar refractivity (Wildman–Crippen MR) is 77.8 cm³/mol. The lowest BCUT2D eigenvalue weighted by Gasteiger charge is -2.18. The van der Waals surface area contributed by atoms with E-state index in [0.29, 0.717) is 13.0 Å². The van der Waals surface area contributed by atoms with Crippen LogP contribution in [-0.4, -0.2) is 23.6 Å². The number of benzene rings is 2. The summed E-state index contributed by atoms with van der Waals surface area (Å²) >= 11 is 0. The van der Waals surface area contributed by atoms with Crippen molar-refractivity contribution in [2.45, 2.75) is 12.5 Å². The van der Waals surface area contributed by atoms with Crippen molar-refractivity contribution in [3.63, 3.8) is 0 Å². The molecule has 0 bridgehead atoms. The number of carbonyl (C=O) groups is 1. The molecular weight excluding hydrogens is 264 g/mol. The topological polar surface area (TPSA) is 66.6 Å². The van der Waals surface area contributed by atoms with E-state index >= 15 is 0 Å². The van der Waals surface area contributed by atoms with E-state index in [1.807, 2.05) is 24.3 Å². The van der Waals surface area contributed by atoms with Crippen molar-refractivity contribution >= 4 is 34.8 Å². The lowest BCUT2D eigenvalue weighted by atomic mass is 10.1. The minimum atomic E-state index is -0.405. The summed E-state index contributed by atoms with van der Waals surface area (Å²) in [6, 6.07) is 10.5. The van der Waals surface area contributed by atoms with Gasteiger partial charge in [-0.05, 0) is 30.0 Å². The van der Waals surface area contributed by atoms with Gasteiger partial charge in [0.2, 0.25) is 5.91 Å². The number of nitrogens with two attached hydrogens (primary N) is 1. The van der Waals surface area contributed by atoms with E-state index < -0.39 is 6.04 Å². The maximum Gasteiger partial charge on any atom is 0.243 e. The molecule has 2 aromatic carbocycles. The third kappa shape index (κ3) is 2.25. The van der Waals surface area contributed by atoms with Crippen LogP contribution in [0.5, 0.6) is 5.75 Å². The molecule has 3 N–H and O–H groups in total. The normalized spacial score (nSPS) is 18.7. The number of rotatable bonds is 1. The maximum atomic E-state index is 12.0. The predicted octanol–water partition coefficient (Wildman–Crippen LogP) is 2.03. The van der Waals surface area contributed by atoms with E-state index in [0.717, 1.165) is 16.5 Å². The van der Waals surface area contributed by atoms with Gasteiger partial charge in [-0.3, -0.25) is 4.79 Å². The number of anilines is 1. The Balaban J connectivity index is 0.00000133. The van der Waals surface area contributed by atoms with Crippen molar-refractivity contribution in [3.8, 4) is 5.75 Å². The number of hydrogen-bond acceptors (Lipinski definition) is 3. The van der Waals surface area contributed by atoms with Gasteiger partial charge in [0.05, 0.1) is 11.7 Å². The second kappa shape index (κ2) is 5.07. The van der Waals surface area contributed by atoms with Gasteiger partial charge in [-0.2, -0.15) is 0 Å². The molecule has 1 aliphatic heterocycles. The van der Waals surface area contributed by atoms with Crippen LogP contribution < -0.4 is 10.6 Å². The van der Waals surface area contributed by atoms with Gasteiger partial charge in [-0.15, -0.1) is 12.4 Å². The van der Waals surface area contributed by atoms with Crippen molar-refractivity contribution < 1.29 is 9.90 Å². The van der Waals surface area contributed by atoms with E-state index in [-0.39, 0.29) is 24.1 Å². The van der Waals surface area contributed by atoms with Gasteiger partial charge in [0.1, 0.15) is 5.75 Å². The summed E-state index contributed by atoms with van der Waals surface area (Å²) in [6.45, 7) is 0.634. The Kier molecular flexibility index (Phi) is 3.64. The lowest BCUT2D eigenvalue weighted by molar-refractivity contribution is -0.118. The Bertz CT molecular complexity index is 630. The highest BCUT2D eigenvalue weighted by Crippen LogP contribution is 2.31. The van der Waals surface area contributed by atoms with Crippen LogP contribution in [0.2, 0.25) is 0 Å². The molecule has 1 saturated heterocycles. The van der Waals surface area contributed by atoms with Gasteiger partial charge < -0.3 is 15.7 Å². The fourth-order valence-electron chi connectivity index (χ4n) is 2.42. The van der Waals surface area contributed by atoms with Gasteiger partial charge in [0.15, 0.2) is 0 Å². The molecule has 0 aliphatic carbocycles. The Morgan fingerprint density at radius 3 is 2.74 bits per heavy atom. The van der Waals surface area contributed by atoms with E-state index in [4.69, 9.17) is 5.73 Å². The molecule has 5 heteroatoms. The summed E-state index contributed by atoms with van der Waals surface area (Å²) in [4.78, 5) is 13.7. The molecule has 1 fully saturated rings. The number of aromatic hydroxyl groups is 1. The SMILES string of the molecule is Cl.N[C@@H]1CCN(c2cccc3ccc(O)cc23)C1=O. The molecule has 4 nitrogen and oxygen atoms in total. The number of amides is 1. The first kappa shape index (κ1) is 13.6. The Hall–Kier alpha value is -1.78. The van der Waals surface area contributed by atoms with Crippen LogP contribution in [0.4, 0.5) is 5.69 Å². The average Bonchev–Trinajstić information content (AvgIpc) is 2.69. The average molecular weight is 279 g/mol. The first-order chi connectivity index (χ1) is 8.66. The molecule has 0 spiro atoms. The summed E-state index contributed by atoms with van der Waals surface area (Å²) in [5.74, 6) is 0.150. The van der Waals surface area contributed by atoms with Gasteiger partial charge in [0, 0.05) is 11.9 Å². The maximum absolute atomic E-state index is 12.0. The summed E-state index contributed by atoms with van der Waals surface area (Å²) in [7, 11) is 0. The van der Waals surface area contributed by atoms with Crippen molar-refractivity contribution in [3.05, 3.63) is 36.4 Å². The second-order valence-electron chi connectivity index (χ2n) is 4.57. The Labute approximate surface area is 117 Å². The molecule has 19 heavy (non-hydrogen) atoms. The molecule has 0 radical (unpaired) electrons. The Morgan fingerprint density at radius 1 is 1.26 bits per heavy atom. The number of halogens is 1. The third-order valence-corrected chi connectivity index (χ3v) is 3.38. The fraction of sp³-hybridized carbons (Fsp3) is 0.214. The Morgan fingerprint density at radius 2 is 2.05 bits per heavy atom. The summed E-state index contributed by atoms with van der Waals surface area (Å²) in [5, 5.41) is 11.5. The zero-order valence-electron chi connectivity index (χ0n) is 10.2. The molecule has 2 aromatic rings. The number of phenols is 1. The van der Waals surface area contributed by atoms with Crippen LogP contribution in [0.15, 0.2) is 36.4 Å². The van der Waals surface area contributed by atoms with E-state index in [1.54, 1.807) is 17.0 Å². The summed E-state index contributed by atoms with van der Waals surface area (Å²) < 4.78 is 0. The fourth-order valence-corrected chi connectivity index (χ4v) is 2.42. The number of phenolic OH excluding ortho intramolecular Hbond substituents is 1. The molecule has 0 aromatic heterocycles. The van der Waals surface area contributed by atoms with Crippen molar-refractivity contribution in [2.75, 3.05) is 11.4 Å². The first-order valence-corrected chi connectivity index (χ1v) is 5.95. The van der Waals surface area contributed by atoms with Crippen LogP contribution in [0, 0.1) is 0 Å². The lowest BCUT2D eigenvalue weighted by Crippen LogP contribution is -2.34. The third-order valence-electron chi connectivity index (χ3n) is 3.38. The highest BCUT2D eigenvalue weighted by atomic mass is 35.5. The van der Waals surface area contributed by atoms with Crippen LogP contribution in [0.25, 0.3) is 10.8 Å². The van der Waals surface area contributed by atoms with E-state index in [2.05, 4.69) is 0 Å². The molecule has 3 rings (SSSR count). The molecule has 1 atom stereocenters. The highest BCUT2D eigenvalue weighted by Gasteiger charge is 2.30. The number of hydrogen-bond donors (Lipinski definition) is 2.